The van der Waals surface area contributed by atoms with Crippen LogP contribution in [0.15, 0.2) is 0 Å². The van der Waals surface area contributed by atoms with Crippen molar-refractivity contribution in [1.29, 1.82) is 0 Å². The van der Waals surface area contributed by atoms with E-state index in [9.17, 15) is 8.42 Å². The first-order valence-corrected chi connectivity index (χ1v) is 4.22. The third-order valence-electron chi connectivity index (χ3n) is 0.877. The second-order valence-electron chi connectivity index (χ2n) is 1.91. The van der Waals surface area contributed by atoms with Gasteiger partial charge in [0.05, 0.1) is 6.61 Å². The number of aliphatic hydroxyl groups excluding tert-OH is 1. The van der Waals surface area contributed by atoms with E-state index in [0.29, 0.717) is 0 Å². The summed E-state index contributed by atoms with van der Waals surface area (Å²) < 4.78 is 24.8. The summed E-state index contributed by atoms with van der Waals surface area (Å²) in [4.78, 5) is 0. The summed E-state index contributed by atoms with van der Waals surface area (Å²) in [6.07, 6.45) is 0. The van der Waals surface area contributed by atoms with E-state index in [0.717, 1.165) is 4.31 Å². The van der Waals surface area contributed by atoms with Crippen LogP contribution in [-0.4, -0.2) is 45.1 Å². The van der Waals surface area contributed by atoms with E-state index in [1.807, 2.05) is 0 Å². The molecular formula is C4H12N2O3S. The molecule has 0 aromatic rings. The maximum absolute atomic E-state index is 10.8. The summed E-state index contributed by atoms with van der Waals surface area (Å²) in [5, 5.41) is 8.27. The number of nitrogens with zero attached hydrogens (tertiary/aromatic N) is 1. The fourth-order valence-electron chi connectivity index (χ4n) is 0.304. The Morgan fingerprint density at radius 1 is 1.50 bits per heavy atom. The van der Waals surface area contributed by atoms with E-state index in [1.165, 1.54) is 14.1 Å². The quantitative estimate of drug-likeness (QED) is 0.530. The third-order valence-corrected chi connectivity index (χ3v) is 2.41. The second kappa shape index (κ2) is 3.87. The predicted octanol–water partition coefficient (Wildman–Crippen LogP) is -1.63. The minimum atomic E-state index is -3.34. The van der Waals surface area contributed by atoms with E-state index in [4.69, 9.17) is 5.11 Å². The van der Waals surface area contributed by atoms with Crippen LogP contribution in [0.25, 0.3) is 0 Å². The molecule has 0 unspecified atom stereocenters. The molecule has 0 saturated heterocycles. The summed E-state index contributed by atoms with van der Waals surface area (Å²) in [5.74, 6) is 0. The number of hydrogen-bond donors (Lipinski definition) is 2. The average molecular weight is 168 g/mol. The van der Waals surface area contributed by atoms with Crippen LogP contribution in [0.5, 0.6) is 0 Å². The number of hydrogen-bond acceptors (Lipinski definition) is 3. The highest BCUT2D eigenvalue weighted by molar-refractivity contribution is 7.87. The molecule has 0 radical (unpaired) electrons. The molecule has 0 aromatic heterocycles. The van der Waals surface area contributed by atoms with Gasteiger partial charge in [0.25, 0.3) is 10.2 Å². The van der Waals surface area contributed by atoms with E-state index >= 15 is 0 Å². The fraction of sp³-hybridized carbons (Fsp3) is 1.00. The van der Waals surface area contributed by atoms with E-state index < -0.39 is 10.2 Å². The largest absolute Gasteiger partial charge is 0.395 e. The SMILES string of the molecule is CN(C)S(=O)(=O)NCCO. The van der Waals surface area contributed by atoms with Crippen molar-refractivity contribution in [2.75, 3.05) is 27.2 Å². The molecule has 0 amide bonds. The molecule has 0 aliphatic rings. The number of nitrogens with one attached hydrogen (secondary N) is 1. The lowest BCUT2D eigenvalue weighted by atomic mass is 10.8. The van der Waals surface area contributed by atoms with Gasteiger partial charge in [0, 0.05) is 20.6 Å². The molecule has 0 saturated carbocycles. The molecular weight excluding hydrogens is 156 g/mol. The molecule has 0 atom stereocenters. The van der Waals surface area contributed by atoms with E-state index in [1.54, 1.807) is 0 Å². The van der Waals surface area contributed by atoms with Crippen LogP contribution in [0.3, 0.4) is 0 Å². The molecule has 0 heterocycles. The van der Waals surface area contributed by atoms with Gasteiger partial charge in [-0.25, -0.2) is 0 Å². The second-order valence-corrected chi connectivity index (χ2v) is 3.87. The van der Waals surface area contributed by atoms with Crippen molar-refractivity contribution < 1.29 is 13.5 Å². The Bertz CT molecular complexity index is 175. The Labute approximate surface area is 60.8 Å². The molecule has 0 bridgehead atoms. The topological polar surface area (TPSA) is 69.6 Å². The van der Waals surface area contributed by atoms with Crippen molar-refractivity contribution in [2.24, 2.45) is 0 Å². The Hall–Kier alpha value is -0.170. The summed E-state index contributed by atoms with van der Waals surface area (Å²) in [7, 11) is -0.504. The van der Waals surface area contributed by atoms with Crippen LogP contribution in [0.4, 0.5) is 0 Å². The molecule has 5 nitrogen and oxygen atoms in total. The lowest BCUT2D eigenvalue weighted by molar-refractivity contribution is 0.299. The Kier molecular flexibility index (Phi) is 3.80. The third kappa shape index (κ3) is 3.11. The first-order valence-electron chi connectivity index (χ1n) is 2.78. The normalized spacial score (nSPS) is 12.4. The van der Waals surface area contributed by atoms with Crippen LogP contribution in [-0.2, 0) is 10.2 Å². The molecule has 10 heavy (non-hydrogen) atoms. The van der Waals surface area contributed by atoms with Gasteiger partial charge >= 0.3 is 0 Å². The van der Waals surface area contributed by atoms with Crippen molar-refractivity contribution in [1.82, 2.24) is 9.03 Å². The van der Waals surface area contributed by atoms with Crippen LogP contribution in [0, 0.1) is 0 Å². The lowest BCUT2D eigenvalue weighted by Gasteiger charge is -2.10. The number of aliphatic hydroxyl groups is 1. The molecule has 0 aliphatic heterocycles. The van der Waals surface area contributed by atoms with Crippen molar-refractivity contribution >= 4 is 10.2 Å². The molecule has 0 spiro atoms. The van der Waals surface area contributed by atoms with Gasteiger partial charge in [0.1, 0.15) is 0 Å². The van der Waals surface area contributed by atoms with Crippen molar-refractivity contribution in [3.05, 3.63) is 0 Å². The summed E-state index contributed by atoms with van der Waals surface area (Å²) in [6, 6.07) is 0. The zero-order valence-electron chi connectivity index (χ0n) is 6.03. The highest BCUT2D eigenvalue weighted by Gasteiger charge is 2.10. The highest BCUT2D eigenvalue weighted by Crippen LogP contribution is 1.85. The molecule has 6 heteroatoms. The van der Waals surface area contributed by atoms with E-state index in [2.05, 4.69) is 4.72 Å². The van der Waals surface area contributed by atoms with Gasteiger partial charge in [-0.05, 0) is 0 Å². The predicted molar refractivity (Wildman–Crippen MR) is 37.7 cm³/mol. The van der Waals surface area contributed by atoms with Crippen molar-refractivity contribution in [3.63, 3.8) is 0 Å². The van der Waals surface area contributed by atoms with E-state index in [-0.39, 0.29) is 13.2 Å². The van der Waals surface area contributed by atoms with Crippen molar-refractivity contribution in [3.8, 4) is 0 Å². The highest BCUT2D eigenvalue weighted by atomic mass is 32.2. The zero-order chi connectivity index (χ0) is 8.20. The minimum absolute atomic E-state index is 0.0561. The maximum Gasteiger partial charge on any atom is 0.279 e. The molecule has 0 fully saturated rings. The van der Waals surface area contributed by atoms with Gasteiger partial charge in [-0.15, -0.1) is 0 Å². The van der Waals surface area contributed by atoms with Crippen molar-refractivity contribution in [2.45, 2.75) is 0 Å². The van der Waals surface area contributed by atoms with Crippen LogP contribution < -0.4 is 4.72 Å². The fourth-order valence-corrected chi connectivity index (χ4v) is 0.911. The molecule has 0 aromatic carbocycles. The van der Waals surface area contributed by atoms with Gasteiger partial charge in [-0.2, -0.15) is 17.4 Å². The summed E-state index contributed by atoms with van der Waals surface area (Å²) in [5.41, 5.74) is 0. The minimum Gasteiger partial charge on any atom is -0.395 e. The molecule has 62 valence electrons. The van der Waals surface area contributed by atoms with Crippen LogP contribution >= 0.6 is 0 Å². The zero-order valence-corrected chi connectivity index (χ0v) is 6.85. The first kappa shape index (κ1) is 9.83. The van der Waals surface area contributed by atoms with Gasteiger partial charge in [0.15, 0.2) is 0 Å². The maximum atomic E-state index is 10.8. The summed E-state index contributed by atoms with van der Waals surface area (Å²) in [6.45, 7) is -0.131. The van der Waals surface area contributed by atoms with Crippen LogP contribution in [0.2, 0.25) is 0 Å². The Morgan fingerprint density at radius 3 is 2.30 bits per heavy atom. The van der Waals surface area contributed by atoms with Gasteiger partial charge in [-0.1, -0.05) is 0 Å². The number of rotatable bonds is 4. The Morgan fingerprint density at radius 2 is 2.00 bits per heavy atom. The molecule has 0 aliphatic carbocycles. The van der Waals surface area contributed by atoms with Gasteiger partial charge < -0.3 is 5.11 Å². The smallest absolute Gasteiger partial charge is 0.279 e. The lowest BCUT2D eigenvalue weighted by Crippen LogP contribution is -2.37. The first-order chi connectivity index (χ1) is 4.50. The average Bonchev–Trinajstić information content (AvgIpc) is 1.84. The molecule has 2 N–H and O–H groups in total. The monoisotopic (exact) mass is 168 g/mol. The standard InChI is InChI=1S/C4H12N2O3S/c1-6(2)10(8,9)5-3-4-7/h5,7H,3-4H2,1-2H3. The van der Waals surface area contributed by atoms with Crippen LogP contribution in [0.1, 0.15) is 0 Å². The molecule has 0 rings (SSSR count). The van der Waals surface area contributed by atoms with Gasteiger partial charge in [-0.3, -0.25) is 0 Å². The summed E-state index contributed by atoms with van der Waals surface area (Å²) >= 11 is 0. The Balaban J connectivity index is 3.90. The van der Waals surface area contributed by atoms with Gasteiger partial charge in [0.2, 0.25) is 0 Å².